The molecular weight excluding hydrogens is 328 g/mol. The molecule has 0 spiro atoms. The number of nitro groups is 4. The van der Waals surface area contributed by atoms with Crippen LogP contribution in [0, 0.1) is 46.5 Å². The molecule has 2 aromatic carbocycles. The fourth-order valence-electron chi connectivity index (χ4n) is 2.07. The molecule has 0 amide bonds. The highest BCUT2D eigenvalue weighted by atomic mass is 16.7. The fourth-order valence-corrected chi connectivity index (χ4v) is 2.07. The van der Waals surface area contributed by atoms with Crippen molar-refractivity contribution in [3.63, 3.8) is 0 Å². The third-order valence-corrected chi connectivity index (χ3v) is 2.95. The Morgan fingerprint density at radius 2 is 1.17 bits per heavy atom. The van der Waals surface area contributed by atoms with Gasteiger partial charge in [0.15, 0.2) is 6.07 Å². The number of benzene rings is 2. The monoisotopic (exact) mass is 333 g/mol. The summed E-state index contributed by atoms with van der Waals surface area (Å²) in [5, 5.41) is 44.6. The van der Waals surface area contributed by atoms with Crippen LogP contribution in [0.25, 0.3) is 11.1 Å². The maximum atomic E-state index is 11.3. The quantitative estimate of drug-likeness (QED) is 0.593. The first-order valence-electron chi connectivity index (χ1n) is 6.02. The zero-order valence-electron chi connectivity index (χ0n) is 11.4. The predicted molar refractivity (Wildman–Crippen MR) is 77.3 cm³/mol. The summed E-state index contributed by atoms with van der Waals surface area (Å²) >= 11 is 0. The van der Waals surface area contributed by atoms with Crippen molar-refractivity contribution < 1.29 is 19.7 Å². The first-order valence-corrected chi connectivity index (χ1v) is 6.02. The third kappa shape index (κ3) is 2.70. The second-order valence-corrected chi connectivity index (χ2v) is 4.29. The molecule has 2 rings (SSSR count). The molecule has 0 aliphatic rings. The zero-order valence-corrected chi connectivity index (χ0v) is 11.4. The van der Waals surface area contributed by atoms with Crippen LogP contribution < -0.4 is 0 Å². The van der Waals surface area contributed by atoms with Gasteiger partial charge >= 0.3 is 17.1 Å². The lowest BCUT2D eigenvalue weighted by Gasteiger charge is -2.05. The number of rotatable bonds is 5. The number of nitrogens with zero attached hydrogens (tertiary/aromatic N) is 4. The minimum atomic E-state index is -1.46. The second-order valence-electron chi connectivity index (χ2n) is 4.29. The lowest BCUT2D eigenvalue weighted by atomic mass is 9.99. The van der Waals surface area contributed by atoms with E-state index in [4.69, 9.17) is 0 Å². The van der Waals surface area contributed by atoms with Crippen molar-refractivity contribution in [2.45, 2.75) is 0 Å². The summed E-state index contributed by atoms with van der Waals surface area (Å²) in [6, 6.07) is 8.53. The van der Waals surface area contributed by atoms with Gasteiger partial charge in [-0.3, -0.25) is 40.5 Å². The highest BCUT2D eigenvalue weighted by Gasteiger charge is 2.45. The smallest absolute Gasteiger partial charge is 0.258 e. The van der Waals surface area contributed by atoms with Crippen molar-refractivity contribution in [2.75, 3.05) is 0 Å². The molecule has 2 aromatic rings. The fraction of sp³-hybridized carbons (Fsp3) is 0. The lowest BCUT2D eigenvalue weighted by Crippen LogP contribution is -2.06. The van der Waals surface area contributed by atoms with E-state index in [1.54, 1.807) is 6.07 Å². The van der Waals surface area contributed by atoms with Crippen molar-refractivity contribution in [3.8, 4) is 11.1 Å². The van der Waals surface area contributed by atoms with Crippen LogP contribution in [0.5, 0.6) is 0 Å². The Morgan fingerprint density at radius 3 is 1.58 bits per heavy atom. The summed E-state index contributed by atoms with van der Waals surface area (Å²) in [5.74, 6) is 0. The number of hydrogen-bond acceptors (Lipinski definition) is 8. The Morgan fingerprint density at radius 1 is 0.667 bits per heavy atom. The molecule has 0 fully saturated rings. The van der Waals surface area contributed by atoms with Gasteiger partial charge in [0.05, 0.1) is 19.7 Å². The Hall–Kier alpha value is -3.96. The van der Waals surface area contributed by atoms with E-state index < -0.39 is 48.0 Å². The minimum absolute atomic E-state index is 0.0786. The number of hydrogen-bond donors (Lipinski definition) is 0. The van der Waals surface area contributed by atoms with Crippen LogP contribution in [0.3, 0.4) is 0 Å². The molecule has 0 saturated heterocycles. The Balaban J connectivity index is 3.09. The van der Waals surface area contributed by atoms with Gasteiger partial charge < -0.3 is 0 Å². The van der Waals surface area contributed by atoms with Crippen molar-refractivity contribution in [2.24, 2.45) is 0 Å². The molecule has 0 bridgehead atoms. The van der Waals surface area contributed by atoms with E-state index in [9.17, 15) is 40.5 Å². The highest BCUT2D eigenvalue weighted by Crippen LogP contribution is 2.48. The topological polar surface area (TPSA) is 173 Å². The number of nitro benzene ring substituents is 4. The van der Waals surface area contributed by atoms with Gasteiger partial charge in [-0.25, -0.2) is 0 Å². The molecule has 0 unspecified atom stereocenters. The minimum Gasteiger partial charge on any atom is -0.258 e. The maximum absolute atomic E-state index is 11.3. The van der Waals surface area contributed by atoms with E-state index >= 15 is 0 Å². The van der Waals surface area contributed by atoms with Gasteiger partial charge in [0.1, 0.15) is 5.56 Å². The van der Waals surface area contributed by atoms with Gasteiger partial charge in [-0.05, 0) is 5.56 Å². The van der Waals surface area contributed by atoms with Crippen molar-refractivity contribution in [3.05, 3.63) is 76.9 Å². The van der Waals surface area contributed by atoms with E-state index in [1.807, 2.05) is 0 Å². The van der Waals surface area contributed by atoms with Crippen LogP contribution in [0.15, 0.2) is 30.3 Å². The summed E-state index contributed by atoms with van der Waals surface area (Å²) in [5.41, 5.74) is -6.13. The van der Waals surface area contributed by atoms with Crippen molar-refractivity contribution >= 4 is 22.7 Å². The van der Waals surface area contributed by atoms with E-state index in [1.165, 1.54) is 30.3 Å². The van der Waals surface area contributed by atoms with E-state index in [-0.39, 0.29) is 5.56 Å². The van der Waals surface area contributed by atoms with Crippen LogP contribution in [-0.4, -0.2) is 19.7 Å². The second kappa shape index (κ2) is 6.04. The van der Waals surface area contributed by atoms with Crippen LogP contribution >= 0.6 is 0 Å². The van der Waals surface area contributed by atoms with Gasteiger partial charge in [0.2, 0.25) is 0 Å². The molecule has 1 radical (unpaired) electrons. The summed E-state index contributed by atoms with van der Waals surface area (Å²) in [6.45, 7) is 0. The first-order chi connectivity index (χ1) is 11.3. The first kappa shape index (κ1) is 16.4. The SMILES string of the molecule is O=[N+]([O-])c1[c]c([N+](=O)[O-])c([N+](=O)[O-])c([N+](=O)[O-])c1-c1ccccc1. The molecule has 0 aliphatic heterocycles. The van der Waals surface area contributed by atoms with Gasteiger partial charge in [-0.2, -0.15) is 0 Å². The van der Waals surface area contributed by atoms with Crippen molar-refractivity contribution in [1.82, 2.24) is 0 Å². The molecule has 24 heavy (non-hydrogen) atoms. The van der Waals surface area contributed by atoms with Crippen LogP contribution in [-0.2, 0) is 0 Å². The molecule has 0 heterocycles. The molecule has 0 aromatic heterocycles. The summed E-state index contributed by atoms with van der Waals surface area (Å²) < 4.78 is 0. The standard InChI is InChI=1S/C12H5N4O8/c17-13(18)8-6-9(14(19)20)11(15(21)22)12(16(23)24)10(8)7-4-2-1-3-5-7/h1-5H. The van der Waals surface area contributed by atoms with Crippen molar-refractivity contribution in [1.29, 1.82) is 0 Å². The van der Waals surface area contributed by atoms with Crippen LogP contribution in [0.1, 0.15) is 0 Å². The average molecular weight is 333 g/mol. The normalized spacial score (nSPS) is 10.2. The van der Waals surface area contributed by atoms with E-state index in [0.29, 0.717) is 0 Å². The lowest BCUT2D eigenvalue weighted by molar-refractivity contribution is -0.442. The molecule has 0 saturated carbocycles. The van der Waals surface area contributed by atoms with Gasteiger partial charge in [-0.1, -0.05) is 30.3 Å². The molecular formula is C12H5N4O8. The van der Waals surface area contributed by atoms with E-state index in [2.05, 4.69) is 0 Å². The van der Waals surface area contributed by atoms with Gasteiger partial charge in [-0.15, -0.1) is 0 Å². The largest absolute Gasteiger partial charge is 0.424 e. The summed E-state index contributed by atoms with van der Waals surface area (Å²) in [6.07, 6.45) is 0. The molecule has 0 N–H and O–H groups in total. The predicted octanol–water partition coefficient (Wildman–Crippen LogP) is 2.79. The molecule has 12 heteroatoms. The van der Waals surface area contributed by atoms with Gasteiger partial charge in [0, 0.05) is 0 Å². The molecule has 121 valence electrons. The molecule has 12 nitrogen and oxygen atoms in total. The Bertz CT molecular complexity index is 880. The van der Waals surface area contributed by atoms with Gasteiger partial charge in [0.25, 0.3) is 5.69 Å². The van der Waals surface area contributed by atoms with Crippen LogP contribution in [0.2, 0.25) is 0 Å². The zero-order chi connectivity index (χ0) is 18.0. The average Bonchev–Trinajstić information content (AvgIpc) is 2.53. The molecule has 0 atom stereocenters. The Kier molecular flexibility index (Phi) is 4.13. The van der Waals surface area contributed by atoms with E-state index in [0.717, 1.165) is 0 Å². The molecule has 0 aliphatic carbocycles. The Labute approximate surface area is 131 Å². The maximum Gasteiger partial charge on any atom is 0.424 e. The summed E-state index contributed by atoms with van der Waals surface area (Å²) in [7, 11) is 0. The summed E-state index contributed by atoms with van der Waals surface area (Å²) in [4.78, 5) is 39.5. The third-order valence-electron chi connectivity index (χ3n) is 2.95. The van der Waals surface area contributed by atoms with Crippen LogP contribution in [0.4, 0.5) is 22.7 Å². The highest BCUT2D eigenvalue weighted by molar-refractivity contribution is 5.90.